The number of halogens is 1. The van der Waals surface area contributed by atoms with Crippen LogP contribution in [-0.4, -0.2) is 15.9 Å². The molecule has 4 nitrogen and oxygen atoms in total. The summed E-state index contributed by atoms with van der Waals surface area (Å²) in [5.41, 5.74) is 3.60. The zero-order valence-corrected chi connectivity index (χ0v) is 13.8. The number of imidazole rings is 1. The van der Waals surface area contributed by atoms with Gasteiger partial charge in [0.05, 0.1) is 11.9 Å². The number of amides is 1. The highest BCUT2D eigenvalue weighted by atomic mass is 19.1. The van der Waals surface area contributed by atoms with E-state index in [0.717, 1.165) is 28.2 Å². The van der Waals surface area contributed by atoms with Crippen molar-refractivity contribution in [3.05, 3.63) is 78.3 Å². The van der Waals surface area contributed by atoms with Gasteiger partial charge in [-0.1, -0.05) is 24.3 Å². The molecule has 5 heteroatoms. The van der Waals surface area contributed by atoms with Crippen LogP contribution in [0.4, 0.5) is 4.39 Å². The van der Waals surface area contributed by atoms with E-state index in [-0.39, 0.29) is 11.7 Å². The molecule has 0 atom stereocenters. The number of aromatic nitrogens is 2. The molecule has 1 amide bonds. The largest absolute Gasteiger partial charge is 0.348 e. The number of hydrogen-bond donors (Lipinski definition) is 2. The highest BCUT2D eigenvalue weighted by Gasteiger charge is 2.07. The van der Waals surface area contributed by atoms with Gasteiger partial charge < -0.3 is 10.3 Å². The average molecular weight is 335 g/mol. The van der Waals surface area contributed by atoms with Crippen LogP contribution in [0.1, 0.15) is 12.5 Å². The number of benzene rings is 2. The van der Waals surface area contributed by atoms with Crippen LogP contribution in [0.5, 0.6) is 0 Å². The fraction of sp³-hybridized carbons (Fsp3) is 0.100. The fourth-order valence-corrected chi connectivity index (χ4v) is 2.47. The van der Waals surface area contributed by atoms with Crippen molar-refractivity contribution in [2.24, 2.45) is 0 Å². The van der Waals surface area contributed by atoms with Gasteiger partial charge in [0.25, 0.3) is 0 Å². The quantitative estimate of drug-likeness (QED) is 0.690. The van der Waals surface area contributed by atoms with Crippen LogP contribution in [0, 0.1) is 5.82 Å². The Balaban J connectivity index is 1.77. The van der Waals surface area contributed by atoms with Gasteiger partial charge in [-0.05, 0) is 54.5 Å². The Bertz CT molecular complexity index is 897. The van der Waals surface area contributed by atoms with Crippen LogP contribution >= 0.6 is 0 Å². The lowest BCUT2D eigenvalue weighted by molar-refractivity contribution is -0.116. The topological polar surface area (TPSA) is 57.8 Å². The summed E-state index contributed by atoms with van der Waals surface area (Å²) in [5, 5.41) is 2.82. The number of hydrogen-bond acceptors (Lipinski definition) is 2. The SMILES string of the molecule is C/C=C/C(=O)NCc1cccc(-c2ncc(-c3ccc(F)cc3)[nH]2)c1. The summed E-state index contributed by atoms with van der Waals surface area (Å²) in [7, 11) is 0. The molecule has 3 aromatic rings. The van der Waals surface area contributed by atoms with Crippen molar-refractivity contribution in [3.8, 4) is 22.6 Å². The normalized spacial score (nSPS) is 11.0. The van der Waals surface area contributed by atoms with Gasteiger partial charge in [-0.3, -0.25) is 4.79 Å². The smallest absolute Gasteiger partial charge is 0.243 e. The molecule has 0 aliphatic heterocycles. The predicted molar refractivity (Wildman–Crippen MR) is 96.1 cm³/mol. The third-order valence-electron chi connectivity index (χ3n) is 3.72. The summed E-state index contributed by atoms with van der Waals surface area (Å²) < 4.78 is 13.0. The van der Waals surface area contributed by atoms with Crippen molar-refractivity contribution in [2.45, 2.75) is 13.5 Å². The van der Waals surface area contributed by atoms with Crippen LogP contribution in [0.15, 0.2) is 66.9 Å². The minimum absolute atomic E-state index is 0.121. The number of rotatable bonds is 5. The van der Waals surface area contributed by atoms with Crippen molar-refractivity contribution < 1.29 is 9.18 Å². The molecule has 25 heavy (non-hydrogen) atoms. The molecule has 0 saturated heterocycles. The lowest BCUT2D eigenvalue weighted by Crippen LogP contribution is -2.20. The van der Waals surface area contributed by atoms with E-state index in [0.29, 0.717) is 6.54 Å². The van der Waals surface area contributed by atoms with E-state index >= 15 is 0 Å². The zero-order valence-electron chi connectivity index (χ0n) is 13.8. The number of aromatic amines is 1. The standard InChI is InChI=1S/C20H18FN3O/c1-2-4-19(25)22-12-14-5-3-6-16(11-14)20-23-13-18(24-20)15-7-9-17(21)10-8-15/h2-11,13H,12H2,1H3,(H,22,25)(H,23,24)/b4-2+. The van der Waals surface area contributed by atoms with Gasteiger partial charge >= 0.3 is 0 Å². The third-order valence-corrected chi connectivity index (χ3v) is 3.72. The van der Waals surface area contributed by atoms with Crippen molar-refractivity contribution in [2.75, 3.05) is 0 Å². The van der Waals surface area contributed by atoms with Crippen LogP contribution in [0.3, 0.4) is 0 Å². The second-order valence-electron chi connectivity index (χ2n) is 5.57. The van der Waals surface area contributed by atoms with Gasteiger partial charge in [0.1, 0.15) is 11.6 Å². The number of carbonyl (C=O) groups is 1. The minimum Gasteiger partial charge on any atom is -0.348 e. The third kappa shape index (κ3) is 4.20. The Morgan fingerprint density at radius 1 is 1.20 bits per heavy atom. The van der Waals surface area contributed by atoms with Crippen LogP contribution in [0.25, 0.3) is 22.6 Å². The van der Waals surface area contributed by atoms with Crippen LogP contribution < -0.4 is 5.32 Å². The maximum atomic E-state index is 13.0. The van der Waals surface area contributed by atoms with E-state index in [1.54, 1.807) is 31.3 Å². The van der Waals surface area contributed by atoms with Crippen molar-refractivity contribution >= 4 is 5.91 Å². The second-order valence-corrected chi connectivity index (χ2v) is 5.57. The number of carbonyl (C=O) groups excluding carboxylic acids is 1. The average Bonchev–Trinajstić information content (AvgIpc) is 3.11. The fourth-order valence-electron chi connectivity index (χ4n) is 2.47. The summed E-state index contributed by atoms with van der Waals surface area (Å²) >= 11 is 0. The molecule has 2 N–H and O–H groups in total. The minimum atomic E-state index is -0.267. The lowest BCUT2D eigenvalue weighted by Gasteiger charge is -2.05. The molecule has 1 aromatic heterocycles. The molecular formula is C20H18FN3O. The zero-order chi connectivity index (χ0) is 17.6. The van der Waals surface area contributed by atoms with E-state index in [9.17, 15) is 9.18 Å². The Labute approximate surface area is 145 Å². The number of H-pyrrole nitrogens is 1. The first kappa shape index (κ1) is 16.6. The van der Waals surface area contributed by atoms with E-state index < -0.39 is 0 Å². The number of allylic oxidation sites excluding steroid dienone is 1. The number of nitrogens with zero attached hydrogens (tertiary/aromatic N) is 1. The van der Waals surface area contributed by atoms with Crippen LogP contribution in [0.2, 0.25) is 0 Å². The molecule has 2 aromatic carbocycles. The van der Waals surface area contributed by atoms with E-state index in [1.807, 2.05) is 24.3 Å². The molecule has 0 aliphatic rings. The van der Waals surface area contributed by atoms with E-state index in [2.05, 4.69) is 15.3 Å². The van der Waals surface area contributed by atoms with E-state index in [4.69, 9.17) is 0 Å². The molecule has 1 heterocycles. The highest BCUT2D eigenvalue weighted by Crippen LogP contribution is 2.23. The summed E-state index contributed by atoms with van der Waals surface area (Å²) in [6, 6.07) is 14.1. The molecule has 3 rings (SSSR count). The highest BCUT2D eigenvalue weighted by molar-refractivity contribution is 5.87. The first-order chi connectivity index (χ1) is 12.2. The monoisotopic (exact) mass is 335 g/mol. The Kier molecular flexibility index (Phi) is 5.04. The second kappa shape index (κ2) is 7.57. The molecule has 0 bridgehead atoms. The predicted octanol–water partition coefficient (Wildman–Crippen LogP) is 4.08. The first-order valence-corrected chi connectivity index (χ1v) is 7.96. The maximum Gasteiger partial charge on any atom is 0.243 e. The summed E-state index contributed by atoms with van der Waals surface area (Å²) in [6.45, 7) is 2.25. The summed E-state index contributed by atoms with van der Waals surface area (Å²) in [5.74, 6) is 0.335. The van der Waals surface area contributed by atoms with Gasteiger partial charge in [-0.25, -0.2) is 9.37 Å². The molecule has 0 saturated carbocycles. The van der Waals surface area contributed by atoms with Gasteiger partial charge in [0.15, 0.2) is 0 Å². The van der Waals surface area contributed by atoms with Crippen molar-refractivity contribution in [3.63, 3.8) is 0 Å². The van der Waals surface area contributed by atoms with Gasteiger partial charge in [-0.15, -0.1) is 0 Å². The first-order valence-electron chi connectivity index (χ1n) is 7.96. The molecule has 0 fully saturated rings. The van der Waals surface area contributed by atoms with Crippen molar-refractivity contribution in [1.82, 2.24) is 15.3 Å². The summed E-state index contributed by atoms with van der Waals surface area (Å²) in [6.07, 6.45) is 4.92. The Morgan fingerprint density at radius 2 is 2.00 bits per heavy atom. The van der Waals surface area contributed by atoms with Crippen molar-refractivity contribution in [1.29, 1.82) is 0 Å². The molecular weight excluding hydrogens is 317 g/mol. The van der Waals surface area contributed by atoms with Gasteiger partial charge in [0.2, 0.25) is 5.91 Å². The lowest BCUT2D eigenvalue weighted by atomic mass is 10.1. The maximum absolute atomic E-state index is 13.0. The van der Waals surface area contributed by atoms with E-state index in [1.165, 1.54) is 18.2 Å². The molecule has 0 aliphatic carbocycles. The Morgan fingerprint density at radius 3 is 2.76 bits per heavy atom. The molecule has 126 valence electrons. The van der Waals surface area contributed by atoms with Crippen LogP contribution in [-0.2, 0) is 11.3 Å². The summed E-state index contributed by atoms with van der Waals surface area (Å²) in [4.78, 5) is 19.2. The molecule has 0 spiro atoms. The Hall–Kier alpha value is -3.21. The number of nitrogens with one attached hydrogen (secondary N) is 2. The molecule has 0 radical (unpaired) electrons. The van der Waals surface area contributed by atoms with Gasteiger partial charge in [0, 0.05) is 12.1 Å². The molecule has 0 unspecified atom stereocenters. The van der Waals surface area contributed by atoms with Gasteiger partial charge in [-0.2, -0.15) is 0 Å².